The quantitative estimate of drug-likeness (QED) is 0.735. The van der Waals surface area contributed by atoms with E-state index in [-0.39, 0.29) is 0 Å². The van der Waals surface area contributed by atoms with E-state index in [2.05, 4.69) is 89.7 Å². The molecule has 140 valence electrons. The number of piperazine rings is 1. The van der Waals surface area contributed by atoms with Gasteiger partial charge in [0.2, 0.25) is 0 Å². The topological polar surface area (TPSA) is 6.48 Å². The van der Waals surface area contributed by atoms with Gasteiger partial charge in [0, 0.05) is 25.2 Å². The third-order valence-electron chi connectivity index (χ3n) is 6.13. The summed E-state index contributed by atoms with van der Waals surface area (Å²) in [5, 5.41) is 0. The second-order valence-corrected chi connectivity index (χ2v) is 8.54. The van der Waals surface area contributed by atoms with Gasteiger partial charge in [-0.15, -0.1) is 0 Å². The van der Waals surface area contributed by atoms with Crippen LogP contribution in [0.15, 0.2) is 24.3 Å². The maximum atomic E-state index is 2.56. The van der Waals surface area contributed by atoms with E-state index in [4.69, 9.17) is 0 Å². The average Bonchev–Trinajstić information content (AvgIpc) is 2.49. The van der Waals surface area contributed by atoms with E-state index in [0.29, 0.717) is 12.1 Å². The molecule has 2 aromatic carbocycles. The molecular formula is C24H34N2. The molecule has 3 rings (SSSR count). The van der Waals surface area contributed by atoms with Crippen molar-refractivity contribution in [2.45, 2.75) is 53.6 Å². The van der Waals surface area contributed by atoms with Gasteiger partial charge in [-0.3, -0.25) is 9.80 Å². The van der Waals surface area contributed by atoms with Crippen LogP contribution in [0.5, 0.6) is 0 Å². The number of aryl methyl sites for hydroxylation is 6. The monoisotopic (exact) mass is 350 g/mol. The summed E-state index contributed by atoms with van der Waals surface area (Å²) in [7, 11) is 4.59. The molecule has 0 radical (unpaired) electrons. The third kappa shape index (κ3) is 3.45. The Hall–Kier alpha value is -1.64. The van der Waals surface area contributed by atoms with Gasteiger partial charge in [-0.05, 0) is 89.0 Å². The molecule has 0 N–H and O–H groups in total. The summed E-state index contributed by atoms with van der Waals surface area (Å²) in [6.07, 6.45) is 0. The minimum absolute atomic E-state index is 0.461. The lowest BCUT2D eigenvalue weighted by molar-refractivity contribution is 0.0612. The molecular weight excluding hydrogens is 316 g/mol. The Bertz CT molecular complexity index is 705. The van der Waals surface area contributed by atoms with Gasteiger partial charge < -0.3 is 0 Å². The van der Waals surface area contributed by atoms with E-state index in [1.807, 2.05) is 0 Å². The van der Waals surface area contributed by atoms with Crippen LogP contribution in [0.2, 0.25) is 0 Å². The summed E-state index contributed by atoms with van der Waals surface area (Å²) in [4.78, 5) is 5.13. The number of rotatable bonds is 2. The van der Waals surface area contributed by atoms with Crippen molar-refractivity contribution >= 4 is 0 Å². The Morgan fingerprint density at radius 2 is 0.846 bits per heavy atom. The van der Waals surface area contributed by atoms with Crippen LogP contribution in [-0.4, -0.2) is 37.0 Å². The zero-order chi connectivity index (χ0) is 19.2. The van der Waals surface area contributed by atoms with E-state index in [1.165, 1.54) is 44.5 Å². The summed E-state index contributed by atoms with van der Waals surface area (Å²) in [6, 6.07) is 10.2. The van der Waals surface area contributed by atoms with Crippen LogP contribution in [0.4, 0.5) is 0 Å². The Morgan fingerprint density at radius 1 is 0.577 bits per heavy atom. The zero-order valence-electron chi connectivity index (χ0n) is 17.8. The molecule has 0 aliphatic carbocycles. The smallest absolute Gasteiger partial charge is 0.0478 e. The number of hydrogen-bond acceptors (Lipinski definition) is 2. The number of likely N-dealkylation sites (N-methyl/N-ethyl adjacent to an activating group) is 2. The van der Waals surface area contributed by atoms with Gasteiger partial charge in [0.05, 0.1) is 0 Å². The molecule has 2 atom stereocenters. The molecule has 26 heavy (non-hydrogen) atoms. The van der Waals surface area contributed by atoms with Crippen LogP contribution in [0.3, 0.4) is 0 Å². The molecule has 0 aromatic heterocycles. The summed E-state index contributed by atoms with van der Waals surface area (Å²) in [5.41, 5.74) is 11.4. The number of nitrogens with zero attached hydrogens (tertiary/aromatic N) is 2. The minimum Gasteiger partial charge on any atom is -0.296 e. The normalized spacial score (nSPS) is 22.0. The molecule has 1 saturated heterocycles. The maximum Gasteiger partial charge on any atom is 0.0478 e. The minimum atomic E-state index is 0.461. The van der Waals surface area contributed by atoms with Crippen molar-refractivity contribution in [1.82, 2.24) is 9.80 Å². The first-order valence-electron chi connectivity index (χ1n) is 9.75. The van der Waals surface area contributed by atoms with Crippen molar-refractivity contribution in [3.8, 4) is 0 Å². The second kappa shape index (κ2) is 7.17. The molecule has 2 heteroatoms. The Morgan fingerprint density at radius 3 is 1.12 bits per heavy atom. The molecule has 2 nitrogen and oxygen atoms in total. The summed E-state index contributed by atoms with van der Waals surface area (Å²) in [5.74, 6) is 0. The van der Waals surface area contributed by atoms with E-state index < -0.39 is 0 Å². The molecule has 1 fully saturated rings. The fourth-order valence-electron chi connectivity index (χ4n) is 5.14. The lowest BCUT2D eigenvalue weighted by atomic mass is 9.87. The highest BCUT2D eigenvalue weighted by molar-refractivity contribution is 5.42. The standard InChI is InChI=1S/C24H34N2/c1-15-9-17(3)23(18(4)10-15)21-13-26(8)22(14-25(21)7)24-19(5)11-16(2)12-20(24)6/h9-12,21-22H,13-14H2,1-8H3/t21-,22+. The van der Waals surface area contributed by atoms with Crippen LogP contribution < -0.4 is 0 Å². The van der Waals surface area contributed by atoms with E-state index >= 15 is 0 Å². The van der Waals surface area contributed by atoms with Gasteiger partial charge >= 0.3 is 0 Å². The lowest BCUT2D eigenvalue weighted by Gasteiger charge is -2.45. The summed E-state index contributed by atoms with van der Waals surface area (Å²) < 4.78 is 0. The molecule has 2 aromatic rings. The van der Waals surface area contributed by atoms with Crippen LogP contribution in [0.1, 0.15) is 56.6 Å². The largest absolute Gasteiger partial charge is 0.296 e. The first kappa shape index (κ1) is 19.1. The van der Waals surface area contributed by atoms with Gasteiger partial charge in [0.1, 0.15) is 0 Å². The first-order valence-corrected chi connectivity index (χ1v) is 9.75. The van der Waals surface area contributed by atoms with Crippen molar-refractivity contribution in [1.29, 1.82) is 0 Å². The van der Waals surface area contributed by atoms with Gasteiger partial charge in [0.25, 0.3) is 0 Å². The number of hydrogen-bond donors (Lipinski definition) is 0. The van der Waals surface area contributed by atoms with Crippen LogP contribution in [0, 0.1) is 41.5 Å². The molecule has 0 unspecified atom stereocenters. The molecule has 1 heterocycles. The van der Waals surface area contributed by atoms with Crippen molar-refractivity contribution in [2.75, 3.05) is 27.2 Å². The predicted octanol–water partition coefficient (Wildman–Crippen LogP) is 5.20. The van der Waals surface area contributed by atoms with Gasteiger partial charge in [-0.1, -0.05) is 35.4 Å². The van der Waals surface area contributed by atoms with Crippen LogP contribution in [-0.2, 0) is 0 Å². The molecule has 1 aliphatic heterocycles. The first-order chi connectivity index (χ1) is 12.2. The zero-order valence-corrected chi connectivity index (χ0v) is 17.8. The third-order valence-corrected chi connectivity index (χ3v) is 6.13. The average molecular weight is 351 g/mol. The second-order valence-electron chi connectivity index (χ2n) is 8.54. The van der Waals surface area contributed by atoms with E-state index in [0.717, 1.165) is 13.1 Å². The summed E-state index contributed by atoms with van der Waals surface area (Å²) >= 11 is 0. The van der Waals surface area contributed by atoms with Gasteiger partial charge in [0.15, 0.2) is 0 Å². The molecule has 0 bridgehead atoms. The fraction of sp³-hybridized carbons (Fsp3) is 0.500. The van der Waals surface area contributed by atoms with Crippen LogP contribution >= 0.6 is 0 Å². The van der Waals surface area contributed by atoms with Crippen LogP contribution in [0.25, 0.3) is 0 Å². The van der Waals surface area contributed by atoms with Crippen molar-refractivity contribution in [3.05, 3.63) is 68.8 Å². The highest BCUT2D eigenvalue weighted by Gasteiger charge is 2.34. The summed E-state index contributed by atoms with van der Waals surface area (Å²) in [6.45, 7) is 15.6. The Balaban J connectivity index is 1.94. The molecule has 1 aliphatic rings. The van der Waals surface area contributed by atoms with Crippen molar-refractivity contribution < 1.29 is 0 Å². The SMILES string of the molecule is Cc1cc(C)c([C@H]2CN(C)[C@H](c3c(C)cc(C)cc3C)CN2C)c(C)c1. The predicted molar refractivity (Wildman–Crippen MR) is 112 cm³/mol. The molecule has 0 amide bonds. The molecule has 0 spiro atoms. The lowest BCUT2D eigenvalue weighted by Crippen LogP contribution is -2.47. The highest BCUT2D eigenvalue weighted by atomic mass is 15.3. The molecule has 0 saturated carbocycles. The Labute approximate surface area is 159 Å². The van der Waals surface area contributed by atoms with E-state index in [9.17, 15) is 0 Å². The Kier molecular flexibility index (Phi) is 5.28. The van der Waals surface area contributed by atoms with Crippen molar-refractivity contribution in [3.63, 3.8) is 0 Å². The van der Waals surface area contributed by atoms with Gasteiger partial charge in [-0.2, -0.15) is 0 Å². The fourth-order valence-corrected chi connectivity index (χ4v) is 5.14. The number of benzene rings is 2. The van der Waals surface area contributed by atoms with Crippen molar-refractivity contribution in [2.24, 2.45) is 0 Å². The highest BCUT2D eigenvalue weighted by Crippen LogP contribution is 2.37. The van der Waals surface area contributed by atoms with E-state index in [1.54, 1.807) is 0 Å². The van der Waals surface area contributed by atoms with Gasteiger partial charge in [-0.25, -0.2) is 0 Å². The maximum absolute atomic E-state index is 2.56.